The molecule has 1 aromatic carbocycles. The molecule has 0 aromatic heterocycles. The summed E-state index contributed by atoms with van der Waals surface area (Å²) in [6, 6.07) is 4.63. The zero-order chi connectivity index (χ0) is 9.26. The van der Waals surface area contributed by atoms with Crippen LogP contribution >= 0.6 is 11.6 Å². The van der Waals surface area contributed by atoms with Crippen molar-refractivity contribution in [2.75, 3.05) is 6.61 Å². The minimum absolute atomic E-state index is 0.125. The summed E-state index contributed by atoms with van der Waals surface area (Å²) in [6.45, 7) is 0.386. The largest absolute Gasteiger partial charge is 0.481 e. The standard InChI is InChI=1S/C9H7ClFNO/c10-7-3-1-2-6(9(7)11)8-4-13-5-12-8/h1-3,5,8H,4H2. The summed E-state index contributed by atoms with van der Waals surface area (Å²) in [5.41, 5.74) is 0.487. The molecule has 0 saturated heterocycles. The molecule has 0 fully saturated rings. The van der Waals surface area contributed by atoms with Gasteiger partial charge in [0, 0.05) is 5.56 Å². The summed E-state index contributed by atoms with van der Waals surface area (Å²) >= 11 is 5.62. The number of hydrogen-bond donors (Lipinski definition) is 0. The van der Waals surface area contributed by atoms with E-state index < -0.39 is 5.82 Å². The van der Waals surface area contributed by atoms with Crippen molar-refractivity contribution in [2.45, 2.75) is 6.04 Å². The van der Waals surface area contributed by atoms with Gasteiger partial charge >= 0.3 is 0 Å². The van der Waals surface area contributed by atoms with E-state index in [4.69, 9.17) is 16.3 Å². The predicted octanol–water partition coefficient (Wildman–Crippen LogP) is 2.58. The number of ether oxygens (including phenoxy) is 1. The zero-order valence-corrected chi connectivity index (χ0v) is 7.46. The number of nitrogens with zero attached hydrogens (tertiary/aromatic N) is 1. The van der Waals surface area contributed by atoms with Crippen molar-refractivity contribution in [1.29, 1.82) is 0 Å². The molecule has 2 nitrogen and oxygen atoms in total. The van der Waals surface area contributed by atoms with Gasteiger partial charge in [0.15, 0.2) is 6.40 Å². The molecule has 13 heavy (non-hydrogen) atoms. The predicted molar refractivity (Wildman–Crippen MR) is 48.6 cm³/mol. The molecular formula is C9H7ClFNO. The van der Waals surface area contributed by atoms with Crippen molar-refractivity contribution in [3.05, 3.63) is 34.6 Å². The van der Waals surface area contributed by atoms with Gasteiger partial charge in [0.25, 0.3) is 0 Å². The van der Waals surface area contributed by atoms with Crippen molar-refractivity contribution in [1.82, 2.24) is 0 Å². The maximum absolute atomic E-state index is 13.4. The normalized spacial score (nSPS) is 20.3. The van der Waals surface area contributed by atoms with Crippen LogP contribution in [0.2, 0.25) is 5.02 Å². The van der Waals surface area contributed by atoms with Crippen LogP contribution in [0, 0.1) is 5.82 Å². The third-order valence-electron chi connectivity index (χ3n) is 1.91. The summed E-state index contributed by atoms with van der Waals surface area (Å²) in [5.74, 6) is -0.406. The number of aliphatic imine (C=N–C) groups is 1. The molecule has 0 bridgehead atoms. The molecule has 1 unspecified atom stereocenters. The molecule has 0 amide bonds. The van der Waals surface area contributed by atoms with Crippen LogP contribution in [0.25, 0.3) is 0 Å². The lowest BCUT2D eigenvalue weighted by atomic mass is 10.1. The second-order valence-electron chi connectivity index (χ2n) is 2.75. The first-order chi connectivity index (χ1) is 6.29. The van der Waals surface area contributed by atoms with E-state index in [1.165, 1.54) is 12.5 Å². The van der Waals surface area contributed by atoms with E-state index in [9.17, 15) is 4.39 Å². The van der Waals surface area contributed by atoms with Gasteiger partial charge in [-0.2, -0.15) is 0 Å². The molecule has 4 heteroatoms. The average molecular weight is 200 g/mol. The number of hydrogen-bond acceptors (Lipinski definition) is 2. The highest BCUT2D eigenvalue weighted by Gasteiger charge is 2.19. The maximum atomic E-state index is 13.4. The van der Waals surface area contributed by atoms with Gasteiger partial charge in [-0.3, -0.25) is 0 Å². The molecule has 0 aliphatic carbocycles. The summed E-state index contributed by atoms with van der Waals surface area (Å²) in [5, 5.41) is 0.125. The molecule has 68 valence electrons. The van der Waals surface area contributed by atoms with Gasteiger partial charge in [-0.25, -0.2) is 9.38 Å². The minimum atomic E-state index is -0.406. The fraction of sp³-hybridized carbons (Fsp3) is 0.222. The molecule has 1 aliphatic rings. The Kier molecular flexibility index (Phi) is 2.19. The van der Waals surface area contributed by atoms with E-state index in [1.807, 2.05) is 0 Å². The maximum Gasteiger partial charge on any atom is 0.170 e. The quantitative estimate of drug-likeness (QED) is 0.681. The second kappa shape index (κ2) is 3.34. The number of halogens is 2. The van der Waals surface area contributed by atoms with Crippen LogP contribution in [0.1, 0.15) is 11.6 Å². The molecule has 0 spiro atoms. The van der Waals surface area contributed by atoms with Gasteiger partial charge in [-0.05, 0) is 6.07 Å². The smallest absolute Gasteiger partial charge is 0.170 e. The molecular weight excluding hydrogens is 193 g/mol. The lowest BCUT2D eigenvalue weighted by Gasteiger charge is -2.07. The van der Waals surface area contributed by atoms with Gasteiger partial charge in [0.05, 0.1) is 5.02 Å². The highest BCUT2D eigenvalue weighted by Crippen LogP contribution is 2.27. The SMILES string of the molecule is Fc1c(Cl)cccc1C1COC=N1. The number of benzene rings is 1. The summed E-state index contributed by atoms with van der Waals surface area (Å²) in [6.07, 6.45) is 1.34. The summed E-state index contributed by atoms with van der Waals surface area (Å²) in [4.78, 5) is 3.96. The molecule has 0 radical (unpaired) electrons. The Balaban J connectivity index is 2.39. The molecule has 1 atom stereocenters. The van der Waals surface area contributed by atoms with Crippen LogP contribution in [0.4, 0.5) is 4.39 Å². The Morgan fingerprint density at radius 1 is 1.54 bits per heavy atom. The Hall–Kier alpha value is -1.09. The van der Waals surface area contributed by atoms with Crippen LogP contribution in [0.15, 0.2) is 23.2 Å². The van der Waals surface area contributed by atoms with Crippen molar-refractivity contribution < 1.29 is 9.13 Å². The van der Waals surface area contributed by atoms with Crippen LogP contribution in [-0.2, 0) is 4.74 Å². The fourth-order valence-electron chi connectivity index (χ4n) is 1.24. The van der Waals surface area contributed by atoms with E-state index in [1.54, 1.807) is 12.1 Å². The molecule has 1 aromatic rings. The summed E-state index contributed by atoms with van der Waals surface area (Å²) < 4.78 is 18.3. The fourth-order valence-corrected chi connectivity index (χ4v) is 1.42. The first-order valence-corrected chi connectivity index (χ1v) is 4.24. The van der Waals surface area contributed by atoms with Gasteiger partial charge in [0.1, 0.15) is 18.5 Å². The van der Waals surface area contributed by atoms with Crippen LogP contribution in [-0.4, -0.2) is 13.0 Å². The molecule has 0 N–H and O–H groups in total. The lowest BCUT2D eigenvalue weighted by molar-refractivity contribution is 0.327. The molecule has 2 rings (SSSR count). The van der Waals surface area contributed by atoms with E-state index in [0.717, 1.165) is 0 Å². The van der Waals surface area contributed by atoms with E-state index >= 15 is 0 Å². The monoisotopic (exact) mass is 199 g/mol. The van der Waals surface area contributed by atoms with Crippen molar-refractivity contribution in [3.63, 3.8) is 0 Å². The molecule has 1 aliphatic heterocycles. The van der Waals surface area contributed by atoms with E-state index in [-0.39, 0.29) is 11.1 Å². The third-order valence-corrected chi connectivity index (χ3v) is 2.20. The Morgan fingerprint density at radius 3 is 3.08 bits per heavy atom. The second-order valence-corrected chi connectivity index (χ2v) is 3.15. The van der Waals surface area contributed by atoms with Gasteiger partial charge in [-0.15, -0.1) is 0 Å². The Labute approximate surface area is 80.0 Å². The highest BCUT2D eigenvalue weighted by molar-refractivity contribution is 6.30. The zero-order valence-electron chi connectivity index (χ0n) is 6.71. The van der Waals surface area contributed by atoms with Crippen molar-refractivity contribution >= 4 is 18.0 Å². The topological polar surface area (TPSA) is 21.6 Å². The van der Waals surface area contributed by atoms with Crippen molar-refractivity contribution in [2.24, 2.45) is 4.99 Å². The Morgan fingerprint density at radius 2 is 2.38 bits per heavy atom. The first-order valence-electron chi connectivity index (χ1n) is 3.86. The summed E-state index contributed by atoms with van der Waals surface area (Å²) in [7, 11) is 0. The minimum Gasteiger partial charge on any atom is -0.481 e. The van der Waals surface area contributed by atoms with Crippen LogP contribution < -0.4 is 0 Å². The van der Waals surface area contributed by atoms with Gasteiger partial charge in [-0.1, -0.05) is 23.7 Å². The highest BCUT2D eigenvalue weighted by atomic mass is 35.5. The van der Waals surface area contributed by atoms with Crippen molar-refractivity contribution in [3.8, 4) is 0 Å². The van der Waals surface area contributed by atoms with Gasteiger partial charge in [0.2, 0.25) is 0 Å². The Bertz CT molecular complexity index is 353. The first kappa shape index (κ1) is 8.51. The third kappa shape index (κ3) is 1.52. The molecule has 0 saturated carbocycles. The van der Waals surface area contributed by atoms with E-state index in [2.05, 4.69) is 4.99 Å². The van der Waals surface area contributed by atoms with E-state index in [0.29, 0.717) is 12.2 Å². The van der Waals surface area contributed by atoms with Crippen LogP contribution in [0.3, 0.4) is 0 Å². The lowest BCUT2D eigenvalue weighted by Crippen LogP contribution is -2.00. The average Bonchev–Trinajstić information content (AvgIpc) is 2.62. The van der Waals surface area contributed by atoms with Gasteiger partial charge < -0.3 is 4.74 Å². The molecule has 1 heterocycles. The van der Waals surface area contributed by atoms with Crippen LogP contribution in [0.5, 0.6) is 0 Å². The number of rotatable bonds is 1.